The van der Waals surface area contributed by atoms with Crippen LogP contribution in [0.2, 0.25) is 0 Å². The van der Waals surface area contributed by atoms with E-state index in [0.717, 1.165) is 17.1 Å². The van der Waals surface area contributed by atoms with Crippen LogP contribution in [0.15, 0.2) is 279 Å². The van der Waals surface area contributed by atoms with E-state index < -0.39 is 8.07 Å². The van der Waals surface area contributed by atoms with Gasteiger partial charge in [-0.2, -0.15) is 0 Å². The summed E-state index contributed by atoms with van der Waals surface area (Å²) in [6.07, 6.45) is 0. The van der Waals surface area contributed by atoms with Crippen molar-refractivity contribution in [3.8, 4) is 33.4 Å². The quantitative estimate of drug-likeness (QED) is 0.0980. The van der Waals surface area contributed by atoms with Crippen LogP contribution in [-0.4, -0.2) is 12.5 Å². The van der Waals surface area contributed by atoms with Crippen molar-refractivity contribution >= 4 is 84.0 Å². The molecule has 0 atom stereocenters. The molecule has 0 N–H and O–H groups in total. The predicted octanol–water partition coefficient (Wildman–Crippen LogP) is 14.7. The average Bonchev–Trinajstić information content (AvgIpc) is 3.96. The number of hydrogen-bond acceptors (Lipinski definition) is 1. The van der Waals surface area contributed by atoms with Gasteiger partial charge in [0.25, 0.3) is 0 Å². The van der Waals surface area contributed by atoms with E-state index in [-0.39, 0.29) is 0 Å². The van der Waals surface area contributed by atoms with Crippen LogP contribution in [0.5, 0.6) is 0 Å². The molecule has 0 saturated carbocycles. The van der Waals surface area contributed by atoms with Crippen LogP contribution in [0.3, 0.4) is 0 Å². The Labute approximate surface area is 403 Å². The lowest BCUT2D eigenvalue weighted by molar-refractivity contribution is 1.28. The summed E-state index contributed by atoms with van der Waals surface area (Å²) in [6, 6.07) is 103. The first-order valence-electron chi connectivity index (χ1n) is 23.8. The second kappa shape index (κ2) is 16.8. The first-order chi connectivity index (χ1) is 34.2. The number of rotatable bonds is 10. The van der Waals surface area contributed by atoms with Crippen LogP contribution in [0.25, 0.3) is 71.5 Å². The monoisotopic (exact) mass is 894 g/mol. The molecule has 0 amide bonds. The van der Waals surface area contributed by atoms with Crippen molar-refractivity contribution in [3.63, 3.8) is 0 Å². The Morgan fingerprint density at radius 2 is 0.594 bits per heavy atom. The van der Waals surface area contributed by atoms with Crippen molar-refractivity contribution in [1.82, 2.24) is 4.40 Å². The second-order valence-electron chi connectivity index (χ2n) is 18.1. The Hall–Kier alpha value is -8.76. The molecule has 11 aromatic carbocycles. The third kappa shape index (κ3) is 6.78. The number of fused-ring (bicyclic) bond motifs is 6. The fourth-order valence-electron chi connectivity index (χ4n) is 11.1. The molecular formula is C66H46N2Si. The van der Waals surface area contributed by atoms with E-state index in [1.165, 1.54) is 92.2 Å². The summed E-state index contributed by atoms with van der Waals surface area (Å²) in [6.45, 7) is 0. The zero-order chi connectivity index (χ0) is 45.7. The van der Waals surface area contributed by atoms with Crippen molar-refractivity contribution in [1.29, 1.82) is 0 Å². The third-order valence-corrected chi connectivity index (χ3v) is 19.1. The summed E-state index contributed by atoms with van der Waals surface area (Å²) < 4.78 is 2.47. The highest BCUT2D eigenvalue weighted by Gasteiger charge is 2.41. The number of anilines is 3. The first kappa shape index (κ1) is 40.5. The lowest BCUT2D eigenvalue weighted by Gasteiger charge is -2.34. The lowest BCUT2D eigenvalue weighted by Crippen LogP contribution is -2.74. The summed E-state index contributed by atoms with van der Waals surface area (Å²) >= 11 is 0. The van der Waals surface area contributed by atoms with Gasteiger partial charge in [-0.1, -0.05) is 237 Å². The summed E-state index contributed by atoms with van der Waals surface area (Å²) in [5, 5.41) is 10.6. The van der Waals surface area contributed by atoms with Gasteiger partial charge in [0, 0.05) is 38.6 Å². The highest BCUT2D eigenvalue weighted by molar-refractivity contribution is 7.19. The molecule has 0 aliphatic heterocycles. The Balaban J connectivity index is 0.904. The van der Waals surface area contributed by atoms with Gasteiger partial charge in [-0.05, 0) is 96.6 Å². The maximum Gasteiger partial charge on any atom is 0.179 e. The van der Waals surface area contributed by atoms with Gasteiger partial charge in [-0.25, -0.2) is 0 Å². The number of hydrogen-bond donors (Lipinski definition) is 0. The molecule has 0 bridgehead atoms. The Morgan fingerprint density at radius 3 is 1.09 bits per heavy atom. The van der Waals surface area contributed by atoms with Crippen LogP contribution in [0.1, 0.15) is 0 Å². The molecule has 13 rings (SSSR count). The average molecular weight is 895 g/mol. The minimum Gasteiger partial charge on any atom is -0.310 e. The van der Waals surface area contributed by atoms with Crippen LogP contribution in [-0.2, 0) is 0 Å². The summed E-state index contributed by atoms with van der Waals surface area (Å²) in [5.41, 5.74) is 14.2. The maximum atomic E-state index is 2.47. The van der Waals surface area contributed by atoms with Crippen LogP contribution < -0.4 is 25.6 Å². The van der Waals surface area contributed by atoms with Gasteiger partial charge in [0.15, 0.2) is 8.07 Å². The zero-order valence-corrected chi connectivity index (χ0v) is 39.0. The van der Waals surface area contributed by atoms with E-state index in [0.29, 0.717) is 0 Å². The molecule has 0 fully saturated rings. The van der Waals surface area contributed by atoms with E-state index in [9.17, 15) is 0 Å². The molecular weight excluding hydrogens is 849 g/mol. The molecule has 324 valence electrons. The number of aromatic nitrogens is 1. The lowest BCUT2D eigenvalue weighted by atomic mass is 10.00. The number of nitrogens with zero attached hydrogens (tertiary/aromatic N) is 2. The molecule has 2 heterocycles. The number of para-hydroxylation sites is 2. The maximum absolute atomic E-state index is 2.63. The first-order valence-corrected chi connectivity index (χ1v) is 25.8. The summed E-state index contributed by atoms with van der Waals surface area (Å²) in [5.74, 6) is 0. The Bertz CT molecular complexity index is 3790. The highest BCUT2D eigenvalue weighted by atomic mass is 28.3. The smallest absolute Gasteiger partial charge is 0.179 e. The molecule has 3 heteroatoms. The molecule has 0 unspecified atom stereocenters. The zero-order valence-electron chi connectivity index (χ0n) is 38.0. The second-order valence-corrected chi connectivity index (χ2v) is 21.9. The van der Waals surface area contributed by atoms with Gasteiger partial charge < -0.3 is 9.30 Å². The minimum atomic E-state index is -2.63. The van der Waals surface area contributed by atoms with E-state index in [4.69, 9.17) is 0 Å². The summed E-state index contributed by atoms with van der Waals surface area (Å²) in [4.78, 5) is 2.40. The van der Waals surface area contributed by atoms with Gasteiger partial charge in [0.05, 0.1) is 16.6 Å². The van der Waals surface area contributed by atoms with Crippen LogP contribution in [0.4, 0.5) is 17.1 Å². The van der Waals surface area contributed by atoms with Crippen molar-refractivity contribution < 1.29 is 0 Å². The molecule has 0 aliphatic carbocycles. The fourth-order valence-corrected chi connectivity index (χ4v) is 15.8. The Morgan fingerprint density at radius 1 is 0.246 bits per heavy atom. The minimum absolute atomic E-state index is 1.09. The largest absolute Gasteiger partial charge is 0.310 e. The molecule has 2 nitrogen and oxygen atoms in total. The van der Waals surface area contributed by atoms with Crippen LogP contribution in [0, 0.1) is 0 Å². The molecule has 0 radical (unpaired) electrons. The van der Waals surface area contributed by atoms with Gasteiger partial charge >= 0.3 is 0 Å². The fraction of sp³-hybridized carbons (Fsp3) is 0. The standard InChI is InChI=1S/C66H46N2Si/c1-5-16-47(17-6-1)48-28-30-49(31-29-48)50-32-38-53(39-33-50)67(55-42-45-61-63-26-15-25-62-60-24-13-14-27-64(60)68(66(62)63)65(61)46-55)54-40-34-51(35-41-54)52-36-43-59(44-37-52)69(56-18-7-2-8-19-56,57-20-9-3-10-21-57)58-22-11-4-12-23-58/h1-46H. The molecule has 13 aromatic rings. The van der Waals surface area contributed by atoms with Crippen LogP contribution >= 0.6 is 0 Å². The van der Waals surface area contributed by atoms with Gasteiger partial charge in [0.2, 0.25) is 0 Å². The predicted molar refractivity (Wildman–Crippen MR) is 296 cm³/mol. The molecule has 69 heavy (non-hydrogen) atoms. The van der Waals surface area contributed by atoms with E-state index in [1.54, 1.807) is 0 Å². The van der Waals surface area contributed by atoms with Gasteiger partial charge in [-0.3, -0.25) is 0 Å². The highest BCUT2D eigenvalue weighted by Crippen LogP contribution is 2.43. The van der Waals surface area contributed by atoms with E-state index in [1.807, 2.05) is 0 Å². The molecule has 0 aliphatic rings. The van der Waals surface area contributed by atoms with Gasteiger partial charge in [-0.15, -0.1) is 0 Å². The summed E-state index contributed by atoms with van der Waals surface area (Å²) in [7, 11) is -2.63. The third-order valence-electron chi connectivity index (χ3n) is 14.3. The van der Waals surface area contributed by atoms with E-state index >= 15 is 0 Å². The molecule has 0 spiro atoms. The molecule has 2 aromatic heterocycles. The Kier molecular flexibility index (Phi) is 9.88. The van der Waals surface area contributed by atoms with Crippen molar-refractivity contribution in [2.45, 2.75) is 0 Å². The van der Waals surface area contributed by atoms with Crippen molar-refractivity contribution in [2.75, 3.05) is 4.90 Å². The normalized spacial score (nSPS) is 11.8. The SMILES string of the molecule is c1ccc(-c2ccc(-c3ccc(N(c4ccc(-c5ccc([Si](c6ccccc6)(c6ccccc6)c6ccccc6)cc5)cc4)c4ccc5c6cccc7c8ccccc8n(c5c4)c76)cc3)cc2)cc1. The number of benzene rings is 11. The van der Waals surface area contributed by atoms with Crippen molar-refractivity contribution in [3.05, 3.63) is 279 Å². The van der Waals surface area contributed by atoms with E-state index in [2.05, 4.69) is 288 Å². The molecule has 0 saturated heterocycles. The van der Waals surface area contributed by atoms with Crippen molar-refractivity contribution in [2.24, 2.45) is 0 Å². The topological polar surface area (TPSA) is 7.65 Å². The van der Waals surface area contributed by atoms with Gasteiger partial charge in [0.1, 0.15) is 0 Å².